The molecule has 0 spiro atoms. The van der Waals surface area contributed by atoms with Crippen molar-refractivity contribution in [2.75, 3.05) is 83.4 Å². The van der Waals surface area contributed by atoms with E-state index in [-0.39, 0.29) is 29.3 Å². The van der Waals surface area contributed by atoms with E-state index >= 15 is 0 Å². The predicted molar refractivity (Wildman–Crippen MR) is 246 cm³/mol. The van der Waals surface area contributed by atoms with E-state index in [1.54, 1.807) is 30.3 Å². The van der Waals surface area contributed by atoms with Gasteiger partial charge in [-0.1, -0.05) is 36.4 Å². The average molecular weight is 897 g/mol. The molecule has 4 fully saturated rings. The third kappa shape index (κ3) is 10.5. The van der Waals surface area contributed by atoms with Gasteiger partial charge >= 0.3 is 0 Å². The van der Waals surface area contributed by atoms with Crippen LogP contribution in [0.3, 0.4) is 0 Å². The van der Waals surface area contributed by atoms with Gasteiger partial charge in [-0.25, -0.2) is 8.42 Å². The molecule has 0 radical (unpaired) electrons. The van der Waals surface area contributed by atoms with E-state index in [2.05, 4.69) is 49.6 Å². The third-order valence-electron chi connectivity index (χ3n) is 14.1. The van der Waals surface area contributed by atoms with Gasteiger partial charge in [0.05, 0.1) is 42.6 Å². The molecule has 15 heteroatoms. The number of piperidine rings is 4. The zero-order valence-corrected chi connectivity index (χ0v) is 38.4. The summed E-state index contributed by atoms with van der Waals surface area (Å²) in [5.74, 6) is -0.608. The summed E-state index contributed by atoms with van der Waals surface area (Å²) in [7, 11) is -2.09. The number of hydrogen-bond acceptors (Lipinski definition) is 12. The van der Waals surface area contributed by atoms with Crippen LogP contribution >= 0.6 is 0 Å². The number of benzene rings is 3. The van der Waals surface area contributed by atoms with E-state index in [1.165, 1.54) is 31.9 Å². The summed E-state index contributed by atoms with van der Waals surface area (Å²) in [5, 5.41) is 6.09. The molecule has 5 heterocycles. The molecule has 3 aromatic rings. The first-order chi connectivity index (χ1) is 30.9. The van der Waals surface area contributed by atoms with Crippen LogP contribution in [-0.2, 0) is 19.4 Å². The van der Waals surface area contributed by atoms with Gasteiger partial charge in [0.15, 0.2) is 11.5 Å². The first-order valence-corrected chi connectivity index (χ1v) is 25.3. The number of carbonyl (C=O) groups is 4. The highest BCUT2D eigenvalue weighted by Crippen LogP contribution is 2.39. The van der Waals surface area contributed by atoms with Gasteiger partial charge in [-0.3, -0.25) is 29.4 Å². The molecular formula is C49H64N6O8S. The lowest BCUT2D eigenvalue weighted by molar-refractivity contribution is -0.134. The molecule has 2 atom stereocenters. The number of nitrogens with zero attached hydrogens (tertiary/aromatic N) is 4. The van der Waals surface area contributed by atoms with Crippen LogP contribution in [-0.4, -0.2) is 142 Å². The van der Waals surface area contributed by atoms with Gasteiger partial charge in [0.2, 0.25) is 11.8 Å². The van der Waals surface area contributed by atoms with Gasteiger partial charge in [0.1, 0.15) is 9.84 Å². The SMILES string of the molecule is CCOc1cc(C(CS(C)(=O)=O)N2C(=O)c3cccc(NC4CCN(C5CCN(CCCN6CCC(c7ccc(C8CCC(=O)NC8=O)cc7)CC6)CC5)CC4)c3C2=O)ccc1OC. The summed E-state index contributed by atoms with van der Waals surface area (Å²) in [6.45, 7) is 10.8. The fourth-order valence-corrected chi connectivity index (χ4v) is 11.6. The molecule has 4 saturated heterocycles. The van der Waals surface area contributed by atoms with Gasteiger partial charge in [0, 0.05) is 43.5 Å². The van der Waals surface area contributed by atoms with Crippen LogP contribution in [0.4, 0.5) is 5.69 Å². The van der Waals surface area contributed by atoms with E-state index in [0.29, 0.717) is 59.7 Å². The van der Waals surface area contributed by atoms with Crippen molar-refractivity contribution in [2.24, 2.45) is 0 Å². The lowest BCUT2D eigenvalue weighted by Crippen LogP contribution is -2.49. The van der Waals surface area contributed by atoms with Crippen molar-refractivity contribution in [3.63, 3.8) is 0 Å². The number of nitrogens with one attached hydrogen (secondary N) is 2. The number of likely N-dealkylation sites (tertiary alicyclic amines) is 3. The number of imide groups is 2. The highest BCUT2D eigenvalue weighted by molar-refractivity contribution is 7.90. The number of carbonyl (C=O) groups excluding carboxylic acids is 4. The molecule has 8 rings (SSSR count). The Hall–Kier alpha value is -4.83. The number of fused-ring (bicyclic) bond motifs is 1. The monoisotopic (exact) mass is 896 g/mol. The van der Waals surface area contributed by atoms with Crippen LogP contribution in [0.1, 0.15) is 120 Å². The van der Waals surface area contributed by atoms with Crippen LogP contribution in [0.5, 0.6) is 11.5 Å². The molecule has 5 aliphatic heterocycles. The number of sulfone groups is 1. The largest absolute Gasteiger partial charge is 0.493 e. The maximum atomic E-state index is 14.2. The van der Waals surface area contributed by atoms with Crippen LogP contribution in [0.25, 0.3) is 0 Å². The quantitative estimate of drug-likeness (QED) is 0.172. The molecule has 64 heavy (non-hydrogen) atoms. The van der Waals surface area contributed by atoms with E-state index in [9.17, 15) is 27.6 Å². The number of rotatable bonds is 16. The molecule has 0 bridgehead atoms. The second-order valence-corrected chi connectivity index (χ2v) is 20.5. The maximum absolute atomic E-state index is 14.2. The molecule has 5 aliphatic rings. The van der Waals surface area contributed by atoms with Crippen molar-refractivity contribution >= 4 is 39.2 Å². The van der Waals surface area contributed by atoms with E-state index < -0.39 is 33.4 Å². The predicted octanol–water partition coefficient (Wildman–Crippen LogP) is 5.61. The molecule has 0 aliphatic carbocycles. The highest BCUT2D eigenvalue weighted by atomic mass is 32.2. The second kappa shape index (κ2) is 20.1. The smallest absolute Gasteiger partial charge is 0.264 e. The summed E-state index contributed by atoms with van der Waals surface area (Å²) in [5.41, 5.74) is 3.99. The first-order valence-electron chi connectivity index (χ1n) is 23.3. The van der Waals surface area contributed by atoms with E-state index in [1.807, 2.05) is 13.0 Å². The van der Waals surface area contributed by atoms with Crippen molar-refractivity contribution in [3.8, 4) is 11.5 Å². The van der Waals surface area contributed by atoms with Gasteiger partial charge in [-0.2, -0.15) is 0 Å². The molecule has 3 aromatic carbocycles. The topological polar surface area (TPSA) is 158 Å². The van der Waals surface area contributed by atoms with Crippen LogP contribution < -0.4 is 20.1 Å². The minimum absolute atomic E-state index is 0.137. The Balaban J connectivity index is 0.773. The Bertz CT molecular complexity index is 2280. The van der Waals surface area contributed by atoms with Crippen LogP contribution in [0.15, 0.2) is 60.7 Å². The summed E-state index contributed by atoms with van der Waals surface area (Å²) in [6, 6.07) is 18.5. The van der Waals surface area contributed by atoms with Crippen molar-refractivity contribution in [1.82, 2.24) is 24.9 Å². The first kappa shape index (κ1) is 45.7. The number of methoxy groups -OCH3 is 1. The maximum Gasteiger partial charge on any atom is 0.264 e. The molecule has 344 valence electrons. The Labute approximate surface area is 377 Å². The summed E-state index contributed by atoms with van der Waals surface area (Å²) in [6.07, 6.45) is 9.74. The van der Waals surface area contributed by atoms with Crippen LogP contribution in [0, 0.1) is 0 Å². The fourth-order valence-electron chi connectivity index (χ4n) is 10.6. The second-order valence-electron chi connectivity index (χ2n) is 18.3. The standard InChI is InChI=1S/C49H64N6O8S/c1-4-63-44-31-36(13-15-43(44)62-2)42(32-64(3,60)61)55-48(58)40-7-5-8-41(46(40)49(55)59)50-37-19-29-54(30-20-37)38-21-27-53(28-22-38)24-6-23-52-25-17-34(18-26-52)33-9-11-35(12-10-33)39-14-16-45(56)51-47(39)57/h5,7-13,15,31,34,37-39,42,50H,4,6,14,16-30,32H2,1-3H3,(H,51,56,57). The number of hydrogen-bond donors (Lipinski definition) is 2. The van der Waals surface area contributed by atoms with Gasteiger partial charge in [0.25, 0.3) is 11.8 Å². The zero-order valence-electron chi connectivity index (χ0n) is 37.6. The summed E-state index contributed by atoms with van der Waals surface area (Å²) >= 11 is 0. The summed E-state index contributed by atoms with van der Waals surface area (Å²) in [4.78, 5) is 61.1. The minimum atomic E-state index is -3.61. The third-order valence-corrected chi connectivity index (χ3v) is 15.1. The van der Waals surface area contributed by atoms with E-state index in [4.69, 9.17) is 9.47 Å². The number of ether oxygens (including phenoxy) is 2. The Morgan fingerprint density at radius 2 is 1.45 bits per heavy atom. The summed E-state index contributed by atoms with van der Waals surface area (Å²) < 4.78 is 36.6. The van der Waals surface area contributed by atoms with Gasteiger partial charge in [-0.05, 0) is 144 Å². The van der Waals surface area contributed by atoms with Gasteiger partial charge < -0.3 is 29.5 Å². The molecule has 2 unspecified atom stereocenters. The molecule has 0 aromatic heterocycles. The van der Waals surface area contributed by atoms with Crippen molar-refractivity contribution in [3.05, 3.63) is 88.5 Å². The molecule has 4 amide bonds. The molecule has 2 N–H and O–H groups in total. The lowest BCUT2D eigenvalue weighted by atomic mass is 9.86. The molecule has 0 saturated carbocycles. The zero-order chi connectivity index (χ0) is 45.0. The Kier molecular flexibility index (Phi) is 14.4. The fraction of sp³-hybridized carbons (Fsp3) is 0.551. The average Bonchev–Trinajstić information content (AvgIpc) is 3.55. The van der Waals surface area contributed by atoms with Crippen molar-refractivity contribution < 1.29 is 37.1 Å². The van der Waals surface area contributed by atoms with Crippen molar-refractivity contribution in [2.45, 2.75) is 94.7 Å². The lowest BCUT2D eigenvalue weighted by Gasteiger charge is -2.42. The van der Waals surface area contributed by atoms with Gasteiger partial charge in [-0.15, -0.1) is 0 Å². The number of anilines is 1. The normalized spacial score (nSPS) is 21.8. The molecular weight excluding hydrogens is 833 g/mol. The highest BCUT2D eigenvalue weighted by Gasteiger charge is 2.44. The van der Waals surface area contributed by atoms with E-state index in [0.717, 1.165) is 94.8 Å². The van der Waals surface area contributed by atoms with Crippen molar-refractivity contribution in [1.29, 1.82) is 0 Å². The molecule has 14 nitrogen and oxygen atoms in total. The Morgan fingerprint density at radius 1 is 0.781 bits per heavy atom. The van der Waals surface area contributed by atoms with Crippen LogP contribution in [0.2, 0.25) is 0 Å². The number of amides is 4. The Morgan fingerprint density at radius 3 is 2.09 bits per heavy atom. The minimum Gasteiger partial charge on any atom is -0.493 e.